The zero-order chi connectivity index (χ0) is 12.4. The zero-order valence-corrected chi connectivity index (χ0v) is 10.9. The average Bonchev–Trinajstić information content (AvgIpc) is 2.41. The maximum atomic E-state index is 5.90. The number of benzene rings is 2. The van der Waals surface area contributed by atoms with Gasteiger partial charge in [-0.3, -0.25) is 0 Å². The molecule has 1 aliphatic heterocycles. The van der Waals surface area contributed by atoms with Crippen LogP contribution in [0.25, 0.3) is 0 Å². The normalized spacial score (nSPS) is 17.9. The van der Waals surface area contributed by atoms with Crippen molar-refractivity contribution in [2.75, 3.05) is 6.61 Å². The smallest absolute Gasteiger partial charge is 0.122 e. The number of fused-ring (bicyclic) bond motifs is 1. The minimum absolute atomic E-state index is 0.557. The summed E-state index contributed by atoms with van der Waals surface area (Å²) in [5, 5.41) is 0.795. The summed E-state index contributed by atoms with van der Waals surface area (Å²) in [5.74, 6) is 1.60. The van der Waals surface area contributed by atoms with Crippen molar-refractivity contribution in [2.45, 2.75) is 12.8 Å². The lowest BCUT2D eigenvalue weighted by atomic mass is 9.91. The number of halogens is 1. The van der Waals surface area contributed by atoms with Crippen LogP contribution in [0, 0.1) is 5.92 Å². The van der Waals surface area contributed by atoms with Crippen LogP contribution in [0.2, 0.25) is 5.02 Å². The van der Waals surface area contributed by atoms with E-state index in [1.165, 1.54) is 11.1 Å². The van der Waals surface area contributed by atoms with Gasteiger partial charge in [-0.1, -0.05) is 41.9 Å². The van der Waals surface area contributed by atoms with E-state index in [4.69, 9.17) is 16.3 Å². The van der Waals surface area contributed by atoms with Gasteiger partial charge in [0.15, 0.2) is 0 Å². The highest BCUT2D eigenvalue weighted by molar-refractivity contribution is 6.30. The predicted octanol–water partition coefficient (Wildman–Crippen LogP) is 4.13. The molecular weight excluding hydrogens is 244 g/mol. The Morgan fingerprint density at radius 2 is 1.83 bits per heavy atom. The van der Waals surface area contributed by atoms with Crippen LogP contribution >= 0.6 is 11.6 Å². The van der Waals surface area contributed by atoms with Crippen LogP contribution in [0.15, 0.2) is 48.5 Å². The van der Waals surface area contributed by atoms with Gasteiger partial charge in [0.1, 0.15) is 5.75 Å². The van der Waals surface area contributed by atoms with Crippen molar-refractivity contribution < 1.29 is 4.74 Å². The number of para-hydroxylation sites is 1. The first-order valence-electron chi connectivity index (χ1n) is 6.26. The summed E-state index contributed by atoms with van der Waals surface area (Å²) in [5.41, 5.74) is 2.65. The molecular formula is C16H15ClO. The van der Waals surface area contributed by atoms with E-state index in [1.54, 1.807) is 0 Å². The molecule has 0 radical (unpaired) electrons. The molecule has 2 aromatic carbocycles. The van der Waals surface area contributed by atoms with E-state index in [0.29, 0.717) is 5.92 Å². The molecule has 0 saturated heterocycles. The largest absolute Gasteiger partial charge is 0.493 e. The lowest BCUT2D eigenvalue weighted by Crippen LogP contribution is -2.22. The number of hydrogen-bond donors (Lipinski definition) is 0. The van der Waals surface area contributed by atoms with E-state index >= 15 is 0 Å². The van der Waals surface area contributed by atoms with E-state index in [1.807, 2.05) is 24.3 Å². The Labute approximate surface area is 112 Å². The third-order valence-electron chi connectivity index (χ3n) is 3.39. The fourth-order valence-corrected chi connectivity index (χ4v) is 2.60. The quantitative estimate of drug-likeness (QED) is 0.787. The van der Waals surface area contributed by atoms with E-state index < -0.39 is 0 Å². The van der Waals surface area contributed by atoms with E-state index in [0.717, 1.165) is 30.2 Å². The Balaban J connectivity index is 1.71. The summed E-state index contributed by atoms with van der Waals surface area (Å²) < 4.78 is 5.81. The predicted molar refractivity (Wildman–Crippen MR) is 74.3 cm³/mol. The third-order valence-corrected chi connectivity index (χ3v) is 3.65. The maximum Gasteiger partial charge on any atom is 0.122 e. The van der Waals surface area contributed by atoms with Crippen molar-refractivity contribution in [1.82, 2.24) is 0 Å². The van der Waals surface area contributed by atoms with E-state index in [-0.39, 0.29) is 0 Å². The molecule has 3 rings (SSSR count). The van der Waals surface area contributed by atoms with Crippen molar-refractivity contribution in [3.63, 3.8) is 0 Å². The monoisotopic (exact) mass is 258 g/mol. The molecule has 1 nitrogen and oxygen atoms in total. The Bertz CT molecular complexity index is 533. The summed E-state index contributed by atoms with van der Waals surface area (Å²) >= 11 is 5.90. The van der Waals surface area contributed by atoms with Gasteiger partial charge in [0.2, 0.25) is 0 Å². The Morgan fingerprint density at radius 1 is 1.06 bits per heavy atom. The van der Waals surface area contributed by atoms with Crippen LogP contribution in [0.5, 0.6) is 5.75 Å². The first-order chi connectivity index (χ1) is 8.81. The van der Waals surface area contributed by atoms with E-state index in [9.17, 15) is 0 Å². The summed E-state index contributed by atoms with van der Waals surface area (Å²) in [6, 6.07) is 16.4. The van der Waals surface area contributed by atoms with Gasteiger partial charge in [-0.2, -0.15) is 0 Å². The highest BCUT2D eigenvalue weighted by atomic mass is 35.5. The molecule has 0 saturated carbocycles. The van der Waals surface area contributed by atoms with Gasteiger partial charge >= 0.3 is 0 Å². The second-order valence-corrected chi connectivity index (χ2v) is 5.26. The van der Waals surface area contributed by atoms with E-state index in [2.05, 4.69) is 24.3 Å². The SMILES string of the molecule is Clc1ccc(CC2COc3ccccc3C2)cc1. The first kappa shape index (κ1) is 11.6. The second kappa shape index (κ2) is 5.03. The molecule has 0 N–H and O–H groups in total. The van der Waals surface area contributed by atoms with Gasteiger partial charge in [0.05, 0.1) is 6.61 Å². The van der Waals surface area contributed by atoms with Gasteiger partial charge in [-0.05, 0) is 42.2 Å². The number of rotatable bonds is 2. The van der Waals surface area contributed by atoms with Crippen molar-refractivity contribution in [3.8, 4) is 5.75 Å². The summed E-state index contributed by atoms with van der Waals surface area (Å²) in [4.78, 5) is 0. The molecule has 18 heavy (non-hydrogen) atoms. The minimum atomic E-state index is 0.557. The fraction of sp³-hybridized carbons (Fsp3) is 0.250. The lowest BCUT2D eigenvalue weighted by molar-refractivity contribution is 0.221. The molecule has 0 bridgehead atoms. The van der Waals surface area contributed by atoms with Crippen LogP contribution < -0.4 is 4.74 Å². The highest BCUT2D eigenvalue weighted by Gasteiger charge is 2.19. The minimum Gasteiger partial charge on any atom is -0.493 e. The molecule has 0 fully saturated rings. The number of ether oxygens (including phenoxy) is 1. The van der Waals surface area contributed by atoms with Crippen LogP contribution in [0.1, 0.15) is 11.1 Å². The second-order valence-electron chi connectivity index (χ2n) is 4.82. The average molecular weight is 259 g/mol. The molecule has 0 amide bonds. The maximum absolute atomic E-state index is 5.90. The van der Waals surface area contributed by atoms with Gasteiger partial charge in [0, 0.05) is 10.9 Å². The Kier molecular flexibility index (Phi) is 3.24. The van der Waals surface area contributed by atoms with Crippen molar-refractivity contribution in [3.05, 3.63) is 64.7 Å². The molecule has 1 unspecified atom stereocenters. The van der Waals surface area contributed by atoms with Crippen LogP contribution in [0.4, 0.5) is 0 Å². The first-order valence-corrected chi connectivity index (χ1v) is 6.64. The standard InChI is InChI=1S/C16H15ClO/c17-15-7-5-12(6-8-15)9-13-10-14-3-1-2-4-16(14)18-11-13/h1-8,13H,9-11H2. The van der Waals surface area contributed by atoms with Gasteiger partial charge in [-0.15, -0.1) is 0 Å². The van der Waals surface area contributed by atoms with Gasteiger partial charge in [-0.25, -0.2) is 0 Å². The van der Waals surface area contributed by atoms with Gasteiger partial charge < -0.3 is 4.74 Å². The molecule has 0 aliphatic carbocycles. The van der Waals surface area contributed by atoms with Crippen molar-refractivity contribution >= 4 is 11.6 Å². The molecule has 1 heterocycles. The summed E-state index contributed by atoms with van der Waals surface area (Å²) in [7, 11) is 0. The van der Waals surface area contributed by atoms with Crippen LogP contribution in [0.3, 0.4) is 0 Å². The fourth-order valence-electron chi connectivity index (χ4n) is 2.48. The molecule has 1 aliphatic rings. The van der Waals surface area contributed by atoms with Gasteiger partial charge in [0.25, 0.3) is 0 Å². The van der Waals surface area contributed by atoms with Crippen LogP contribution in [-0.4, -0.2) is 6.61 Å². The Morgan fingerprint density at radius 3 is 2.67 bits per heavy atom. The number of hydrogen-bond acceptors (Lipinski definition) is 1. The molecule has 0 aromatic heterocycles. The van der Waals surface area contributed by atoms with Crippen molar-refractivity contribution in [1.29, 1.82) is 0 Å². The zero-order valence-electron chi connectivity index (χ0n) is 10.1. The molecule has 2 heteroatoms. The topological polar surface area (TPSA) is 9.23 Å². The third kappa shape index (κ3) is 2.51. The van der Waals surface area contributed by atoms with Crippen LogP contribution in [-0.2, 0) is 12.8 Å². The summed E-state index contributed by atoms with van der Waals surface area (Å²) in [6.45, 7) is 0.805. The highest BCUT2D eigenvalue weighted by Crippen LogP contribution is 2.28. The lowest BCUT2D eigenvalue weighted by Gasteiger charge is -2.25. The molecule has 1 atom stereocenters. The molecule has 2 aromatic rings. The molecule has 92 valence electrons. The summed E-state index contributed by atoms with van der Waals surface area (Å²) in [6.07, 6.45) is 2.14. The molecule has 0 spiro atoms. The Hall–Kier alpha value is -1.47. The van der Waals surface area contributed by atoms with Crippen molar-refractivity contribution in [2.24, 2.45) is 5.92 Å².